The molecule has 1 amide bonds. The Hall–Kier alpha value is -3.11. The Morgan fingerprint density at radius 2 is 1.74 bits per heavy atom. The summed E-state index contributed by atoms with van der Waals surface area (Å²) < 4.78 is 29.6. The molecule has 1 fully saturated rings. The molecule has 0 atom stereocenters. The van der Waals surface area contributed by atoms with E-state index in [-0.39, 0.29) is 23.9 Å². The number of nitrogens with zero attached hydrogens (tertiary/aromatic N) is 4. The smallest absolute Gasteiger partial charge is 0.245 e. The van der Waals surface area contributed by atoms with Crippen molar-refractivity contribution in [2.24, 2.45) is 0 Å². The average Bonchev–Trinajstić information content (AvgIpc) is 3.62. The summed E-state index contributed by atoms with van der Waals surface area (Å²) >= 11 is 1.61. The first-order valence-corrected chi connectivity index (χ1v) is 15.6. The van der Waals surface area contributed by atoms with E-state index in [1.807, 2.05) is 60.8 Å². The number of likely N-dealkylation sites (tertiary alicyclic amines) is 1. The maximum atomic E-state index is 14.1. The Morgan fingerprint density at radius 1 is 0.974 bits per heavy atom. The Balaban J connectivity index is 1.45. The quantitative estimate of drug-likeness (QED) is 0.260. The van der Waals surface area contributed by atoms with Gasteiger partial charge < -0.3 is 9.80 Å². The summed E-state index contributed by atoms with van der Waals surface area (Å²) in [7, 11) is -3.99. The second-order valence-corrected chi connectivity index (χ2v) is 12.9. The highest BCUT2D eigenvalue weighted by molar-refractivity contribution is 7.89. The van der Waals surface area contributed by atoms with Gasteiger partial charge in [-0.05, 0) is 67.6 Å². The lowest BCUT2D eigenvalue weighted by atomic mass is 10.2. The lowest BCUT2D eigenvalue weighted by Crippen LogP contribution is -2.45. The molecule has 0 bridgehead atoms. The minimum Gasteiger partial charge on any atom is -0.332 e. The highest BCUT2D eigenvalue weighted by Crippen LogP contribution is 2.25. The van der Waals surface area contributed by atoms with Crippen LogP contribution in [0, 0.1) is 6.92 Å². The van der Waals surface area contributed by atoms with Crippen molar-refractivity contribution in [3.8, 4) is 0 Å². The SMILES string of the molecule is Cc1ccsc1CN(Cc1ccccc1)C(=O)CN(CCN1CCCC1)S(=O)(=O)c1cccc2cccnc12. The predicted molar refractivity (Wildman–Crippen MR) is 156 cm³/mol. The third-order valence-electron chi connectivity index (χ3n) is 7.26. The normalized spacial score (nSPS) is 14.3. The number of hydrogen-bond donors (Lipinski definition) is 0. The van der Waals surface area contributed by atoms with E-state index in [1.165, 1.54) is 4.31 Å². The van der Waals surface area contributed by atoms with Crippen LogP contribution in [0.3, 0.4) is 0 Å². The Labute approximate surface area is 234 Å². The van der Waals surface area contributed by atoms with Crippen molar-refractivity contribution in [1.82, 2.24) is 19.1 Å². The van der Waals surface area contributed by atoms with Gasteiger partial charge in [-0.25, -0.2) is 8.42 Å². The van der Waals surface area contributed by atoms with Crippen LogP contribution in [0.4, 0.5) is 0 Å². The zero-order valence-electron chi connectivity index (χ0n) is 22.2. The van der Waals surface area contributed by atoms with Crippen molar-refractivity contribution < 1.29 is 13.2 Å². The topological polar surface area (TPSA) is 73.8 Å². The first-order valence-electron chi connectivity index (χ1n) is 13.3. The van der Waals surface area contributed by atoms with Crippen LogP contribution >= 0.6 is 11.3 Å². The fourth-order valence-corrected chi connectivity index (χ4v) is 7.46. The van der Waals surface area contributed by atoms with E-state index in [1.54, 1.807) is 40.6 Å². The third-order valence-corrected chi connectivity index (χ3v) is 10.1. The zero-order chi connectivity index (χ0) is 27.2. The molecule has 4 aromatic rings. The molecule has 1 saturated heterocycles. The maximum absolute atomic E-state index is 14.1. The molecule has 204 valence electrons. The second-order valence-electron chi connectivity index (χ2n) is 9.98. The van der Waals surface area contributed by atoms with Crippen molar-refractivity contribution in [1.29, 1.82) is 0 Å². The van der Waals surface area contributed by atoms with Gasteiger partial charge in [-0.2, -0.15) is 4.31 Å². The third kappa shape index (κ3) is 6.55. The van der Waals surface area contributed by atoms with Crippen molar-refractivity contribution in [3.63, 3.8) is 0 Å². The first-order chi connectivity index (χ1) is 18.9. The van der Waals surface area contributed by atoms with E-state index < -0.39 is 10.0 Å². The average molecular weight is 563 g/mol. The molecule has 2 aromatic heterocycles. The highest BCUT2D eigenvalue weighted by atomic mass is 32.2. The molecule has 1 aliphatic heterocycles. The minimum atomic E-state index is -3.99. The second kappa shape index (κ2) is 12.4. The summed E-state index contributed by atoms with van der Waals surface area (Å²) in [5.41, 5.74) is 2.56. The molecule has 0 N–H and O–H groups in total. The molecule has 1 aliphatic rings. The van der Waals surface area contributed by atoms with Gasteiger partial charge >= 0.3 is 0 Å². The van der Waals surface area contributed by atoms with Gasteiger partial charge in [0.1, 0.15) is 4.90 Å². The minimum absolute atomic E-state index is 0.138. The number of rotatable bonds is 11. The van der Waals surface area contributed by atoms with Gasteiger partial charge in [-0.15, -0.1) is 11.3 Å². The highest BCUT2D eigenvalue weighted by Gasteiger charge is 2.31. The summed E-state index contributed by atoms with van der Waals surface area (Å²) in [6.45, 7) is 5.40. The summed E-state index contributed by atoms with van der Waals surface area (Å²) in [5.74, 6) is -0.218. The van der Waals surface area contributed by atoms with Gasteiger partial charge in [0.05, 0.1) is 18.6 Å². The van der Waals surface area contributed by atoms with Crippen molar-refractivity contribution in [2.45, 2.75) is 37.8 Å². The van der Waals surface area contributed by atoms with E-state index in [9.17, 15) is 13.2 Å². The fourth-order valence-electron chi connectivity index (χ4n) is 4.99. The number of sulfonamides is 1. The molecule has 0 aliphatic carbocycles. The Bertz CT molecular complexity index is 1510. The largest absolute Gasteiger partial charge is 0.332 e. The molecule has 0 saturated carbocycles. The molecular formula is C30H34N4O3S2. The van der Waals surface area contributed by atoms with Gasteiger partial charge in [-0.3, -0.25) is 9.78 Å². The van der Waals surface area contributed by atoms with Crippen LogP contribution in [0.2, 0.25) is 0 Å². The molecule has 39 heavy (non-hydrogen) atoms. The number of pyridine rings is 1. The number of aryl methyl sites for hydroxylation is 1. The molecule has 0 unspecified atom stereocenters. The maximum Gasteiger partial charge on any atom is 0.245 e. The number of para-hydroxylation sites is 1. The van der Waals surface area contributed by atoms with Crippen LogP contribution in [0.15, 0.2) is 83.2 Å². The van der Waals surface area contributed by atoms with Crippen LogP contribution in [-0.2, 0) is 27.9 Å². The lowest BCUT2D eigenvalue weighted by Gasteiger charge is -2.29. The van der Waals surface area contributed by atoms with Gasteiger partial charge in [0, 0.05) is 36.1 Å². The zero-order valence-corrected chi connectivity index (χ0v) is 23.8. The standard InChI is InChI=1S/C30H34N4O3S2/c1-24-14-20-38-27(24)22-33(21-25-9-3-2-4-10-25)29(35)23-34(19-18-32-16-5-6-17-32)39(36,37)28-13-7-11-26-12-8-15-31-30(26)28/h2-4,7-15,20H,5-6,16-19,21-23H2,1H3. The Morgan fingerprint density at radius 3 is 2.49 bits per heavy atom. The number of fused-ring (bicyclic) bond motifs is 1. The van der Waals surface area contributed by atoms with Crippen LogP contribution in [-0.4, -0.2) is 66.1 Å². The summed E-state index contributed by atoms with van der Waals surface area (Å²) in [4.78, 5) is 23.6. The van der Waals surface area contributed by atoms with Crippen LogP contribution < -0.4 is 0 Å². The molecule has 0 radical (unpaired) electrons. The number of aromatic nitrogens is 1. The molecule has 3 heterocycles. The van der Waals surface area contributed by atoms with E-state index >= 15 is 0 Å². The predicted octanol–water partition coefficient (Wildman–Crippen LogP) is 4.92. The van der Waals surface area contributed by atoms with Gasteiger partial charge in [-0.1, -0.05) is 48.5 Å². The fraction of sp³-hybridized carbons (Fsp3) is 0.333. The van der Waals surface area contributed by atoms with E-state index in [4.69, 9.17) is 0 Å². The number of thiophene rings is 1. The molecule has 0 spiro atoms. The molecule has 9 heteroatoms. The number of hydrogen-bond acceptors (Lipinski definition) is 6. The van der Waals surface area contributed by atoms with Gasteiger partial charge in [0.2, 0.25) is 15.9 Å². The molecular weight excluding hydrogens is 528 g/mol. The van der Waals surface area contributed by atoms with Crippen LogP contribution in [0.1, 0.15) is 28.8 Å². The van der Waals surface area contributed by atoms with Gasteiger partial charge in [0.15, 0.2) is 0 Å². The monoisotopic (exact) mass is 562 g/mol. The van der Waals surface area contributed by atoms with E-state index in [0.717, 1.165) is 47.3 Å². The van der Waals surface area contributed by atoms with Crippen molar-refractivity contribution in [2.75, 3.05) is 32.7 Å². The van der Waals surface area contributed by atoms with Crippen molar-refractivity contribution >= 4 is 38.2 Å². The number of carbonyl (C=O) groups excluding carboxylic acids is 1. The molecule has 5 rings (SSSR count). The van der Waals surface area contributed by atoms with E-state index in [0.29, 0.717) is 25.2 Å². The number of amides is 1. The number of carbonyl (C=O) groups is 1. The number of benzene rings is 2. The summed E-state index contributed by atoms with van der Waals surface area (Å²) in [6, 6.07) is 20.7. The molecule has 2 aromatic carbocycles. The van der Waals surface area contributed by atoms with Gasteiger partial charge in [0.25, 0.3) is 0 Å². The summed E-state index contributed by atoms with van der Waals surface area (Å²) in [6.07, 6.45) is 3.83. The summed E-state index contributed by atoms with van der Waals surface area (Å²) in [5, 5.41) is 2.78. The van der Waals surface area contributed by atoms with E-state index in [2.05, 4.69) is 9.88 Å². The lowest BCUT2D eigenvalue weighted by molar-refractivity contribution is -0.132. The van der Waals surface area contributed by atoms with Crippen molar-refractivity contribution in [3.05, 3.63) is 94.3 Å². The molecule has 7 nitrogen and oxygen atoms in total. The van der Waals surface area contributed by atoms with Crippen LogP contribution in [0.5, 0.6) is 0 Å². The first kappa shape index (κ1) is 27.5. The van der Waals surface area contributed by atoms with Crippen LogP contribution in [0.25, 0.3) is 10.9 Å². The Kier molecular flexibility index (Phi) is 8.72.